The maximum Gasteiger partial charge on any atom is 0.203 e. The molecule has 4 aromatic rings. The molecule has 148 valence electrons. The van der Waals surface area contributed by atoms with Gasteiger partial charge in [0.05, 0.1) is 32.5 Å². The van der Waals surface area contributed by atoms with Crippen LogP contribution in [-0.2, 0) is 6.54 Å². The van der Waals surface area contributed by atoms with E-state index < -0.39 is 0 Å². The summed E-state index contributed by atoms with van der Waals surface area (Å²) in [6.45, 7) is 2.86. The van der Waals surface area contributed by atoms with E-state index in [1.807, 2.05) is 30.3 Å². The predicted octanol–water partition coefficient (Wildman–Crippen LogP) is 4.71. The molecule has 6 nitrogen and oxygen atoms in total. The van der Waals surface area contributed by atoms with E-state index in [0.29, 0.717) is 28.6 Å². The van der Waals surface area contributed by atoms with Crippen LogP contribution in [0.4, 0.5) is 0 Å². The van der Waals surface area contributed by atoms with Crippen molar-refractivity contribution in [2.45, 2.75) is 13.5 Å². The van der Waals surface area contributed by atoms with Crippen LogP contribution < -0.4 is 14.2 Å². The summed E-state index contributed by atoms with van der Waals surface area (Å²) in [7, 11) is 4.72. The molecule has 4 rings (SSSR count). The van der Waals surface area contributed by atoms with Gasteiger partial charge in [0, 0.05) is 28.4 Å². The van der Waals surface area contributed by atoms with Gasteiger partial charge in [0.1, 0.15) is 5.69 Å². The van der Waals surface area contributed by atoms with E-state index in [1.165, 1.54) is 0 Å². The molecule has 0 unspecified atom stereocenters. The van der Waals surface area contributed by atoms with Crippen LogP contribution in [0.3, 0.4) is 0 Å². The Morgan fingerprint density at radius 2 is 1.66 bits per heavy atom. The summed E-state index contributed by atoms with van der Waals surface area (Å²) in [5.74, 6) is 1.58. The van der Waals surface area contributed by atoms with Crippen molar-refractivity contribution in [3.8, 4) is 28.5 Å². The van der Waals surface area contributed by atoms with Crippen LogP contribution in [0.5, 0.6) is 17.2 Å². The number of rotatable bonds is 6. The van der Waals surface area contributed by atoms with Gasteiger partial charge >= 0.3 is 0 Å². The minimum atomic E-state index is 0.375. The minimum absolute atomic E-state index is 0.375. The first-order chi connectivity index (χ1) is 14.2. The molecule has 0 radical (unpaired) electrons. The number of carbonyl (C=O) groups is 1. The van der Waals surface area contributed by atoms with Gasteiger partial charge < -0.3 is 18.8 Å². The molecule has 0 amide bonds. The number of para-hydroxylation sites is 1. The van der Waals surface area contributed by atoms with Gasteiger partial charge in [0.2, 0.25) is 5.75 Å². The van der Waals surface area contributed by atoms with Crippen molar-refractivity contribution in [2.24, 2.45) is 0 Å². The molecule has 0 saturated heterocycles. The lowest BCUT2D eigenvalue weighted by molar-refractivity contribution is 0.111. The third-order valence-electron chi connectivity index (χ3n) is 5.14. The van der Waals surface area contributed by atoms with Gasteiger partial charge in [-0.15, -0.1) is 0 Å². The smallest absolute Gasteiger partial charge is 0.203 e. The highest BCUT2D eigenvalue weighted by molar-refractivity contribution is 6.13. The molecule has 0 aliphatic rings. The standard InChI is InChI=1S/C23H22N2O4/c1-5-25-18-9-7-6-8-16(18)17-12-15(13-26)24-21(22(17)25)14-10-19(27-2)23(29-4)20(11-14)28-3/h6-13H,5H2,1-4H3. The van der Waals surface area contributed by atoms with E-state index in [1.54, 1.807) is 21.3 Å². The lowest BCUT2D eigenvalue weighted by atomic mass is 10.1. The molecule has 0 aliphatic heterocycles. The van der Waals surface area contributed by atoms with E-state index in [9.17, 15) is 4.79 Å². The number of aromatic nitrogens is 2. The summed E-state index contributed by atoms with van der Waals surface area (Å²) >= 11 is 0. The SMILES string of the molecule is CCn1c2ccccc2c2cc(C=O)nc(-c3cc(OC)c(OC)c(OC)c3)c21. The topological polar surface area (TPSA) is 62.6 Å². The fourth-order valence-electron chi connectivity index (χ4n) is 3.90. The minimum Gasteiger partial charge on any atom is -0.493 e. The Kier molecular flexibility index (Phi) is 4.84. The van der Waals surface area contributed by atoms with Crippen LogP contribution in [0, 0.1) is 0 Å². The number of aryl methyl sites for hydroxylation is 1. The molecule has 0 saturated carbocycles. The number of nitrogens with zero attached hydrogens (tertiary/aromatic N) is 2. The highest BCUT2D eigenvalue weighted by Crippen LogP contribution is 2.43. The zero-order valence-corrected chi connectivity index (χ0v) is 16.9. The van der Waals surface area contributed by atoms with Crippen molar-refractivity contribution >= 4 is 28.1 Å². The first-order valence-corrected chi connectivity index (χ1v) is 9.34. The number of carbonyl (C=O) groups excluding carboxylic acids is 1. The zero-order chi connectivity index (χ0) is 20.5. The van der Waals surface area contributed by atoms with Crippen molar-refractivity contribution in [2.75, 3.05) is 21.3 Å². The number of aldehydes is 1. The van der Waals surface area contributed by atoms with Crippen LogP contribution in [0.25, 0.3) is 33.1 Å². The lowest BCUT2D eigenvalue weighted by Gasteiger charge is -2.15. The summed E-state index contributed by atoms with van der Waals surface area (Å²) in [5, 5.41) is 2.08. The second kappa shape index (κ2) is 7.47. The number of pyridine rings is 1. The summed E-state index contributed by atoms with van der Waals surface area (Å²) in [5.41, 5.74) is 3.92. The van der Waals surface area contributed by atoms with Gasteiger partial charge in [-0.1, -0.05) is 18.2 Å². The molecule has 0 N–H and O–H groups in total. The van der Waals surface area contributed by atoms with E-state index in [0.717, 1.165) is 40.2 Å². The number of ether oxygens (including phenoxy) is 3. The Morgan fingerprint density at radius 1 is 0.966 bits per heavy atom. The van der Waals surface area contributed by atoms with Gasteiger partial charge in [-0.05, 0) is 31.2 Å². The molecule has 0 atom stereocenters. The van der Waals surface area contributed by atoms with Crippen molar-refractivity contribution in [1.29, 1.82) is 0 Å². The van der Waals surface area contributed by atoms with E-state index in [-0.39, 0.29) is 0 Å². The number of hydrogen-bond donors (Lipinski definition) is 0. The molecule has 2 aromatic heterocycles. The Balaban J connectivity index is 2.15. The summed E-state index contributed by atoms with van der Waals surface area (Å²) in [4.78, 5) is 16.3. The van der Waals surface area contributed by atoms with E-state index in [2.05, 4.69) is 28.6 Å². The van der Waals surface area contributed by atoms with Crippen LogP contribution in [0.1, 0.15) is 17.4 Å². The summed E-state index contributed by atoms with van der Waals surface area (Å²) < 4.78 is 18.7. The molecule has 6 heteroatoms. The van der Waals surface area contributed by atoms with Crippen LogP contribution >= 0.6 is 0 Å². The van der Waals surface area contributed by atoms with Crippen molar-refractivity contribution in [3.63, 3.8) is 0 Å². The number of benzene rings is 2. The highest BCUT2D eigenvalue weighted by atomic mass is 16.5. The first-order valence-electron chi connectivity index (χ1n) is 9.34. The molecule has 0 aliphatic carbocycles. The third kappa shape index (κ3) is 2.88. The zero-order valence-electron chi connectivity index (χ0n) is 16.9. The van der Waals surface area contributed by atoms with Crippen molar-refractivity contribution in [3.05, 3.63) is 48.2 Å². The Bertz CT molecular complexity index is 1200. The normalized spacial score (nSPS) is 11.0. The largest absolute Gasteiger partial charge is 0.493 e. The van der Waals surface area contributed by atoms with Crippen LogP contribution in [0.2, 0.25) is 0 Å². The van der Waals surface area contributed by atoms with E-state index >= 15 is 0 Å². The molecule has 2 aromatic carbocycles. The maximum atomic E-state index is 11.7. The molecule has 2 heterocycles. The molecular formula is C23H22N2O4. The van der Waals surface area contributed by atoms with Gasteiger partial charge in [0.15, 0.2) is 17.8 Å². The fourth-order valence-corrected chi connectivity index (χ4v) is 3.90. The summed E-state index contributed by atoms with van der Waals surface area (Å²) in [6.07, 6.45) is 0.777. The number of methoxy groups -OCH3 is 3. The molecule has 0 spiro atoms. The third-order valence-corrected chi connectivity index (χ3v) is 5.14. The molecule has 0 bridgehead atoms. The van der Waals surface area contributed by atoms with Crippen LogP contribution in [0.15, 0.2) is 42.5 Å². The average Bonchev–Trinajstić information content (AvgIpc) is 3.10. The monoisotopic (exact) mass is 390 g/mol. The van der Waals surface area contributed by atoms with Gasteiger partial charge in [-0.25, -0.2) is 4.98 Å². The van der Waals surface area contributed by atoms with Crippen molar-refractivity contribution in [1.82, 2.24) is 9.55 Å². The first kappa shape index (κ1) is 18.8. The van der Waals surface area contributed by atoms with Gasteiger partial charge in [0.25, 0.3) is 0 Å². The Morgan fingerprint density at radius 3 is 2.24 bits per heavy atom. The Hall–Kier alpha value is -3.54. The van der Waals surface area contributed by atoms with E-state index in [4.69, 9.17) is 14.2 Å². The number of hydrogen-bond acceptors (Lipinski definition) is 5. The summed E-state index contributed by atoms with van der Waals surface area (Å²) in [6, 6.07) is 13.7. The predicted molar refractivity (Wildman–Crippen MR) is 113 cm³/mol. The lowest BCUT2D eigenvalue weighted by Crippen LogP contribution is -2.00. The fraction of sp³-hybridized carbons (Fsp3) is 0.217. The second-order valence-electron chi connectivity index (χ2n) is 6.59. The quantitative estimate of drug-likeness (QED) is 0.446. The average molecular weight is 390 g/mol. The second-order valence-corrected chi connectivity index (χ2v) is 6.59. The molecule has 0 fully saturated rings. The van der Waals surface area contributed by atoms with Crippen LogP contribution in [-0.4, -0.2) is 37.2 Å². The van der Waals surface area contributed by atoms with Crippen molar-refractivity contribution < 1.29 is 19.0 Å². The number of fused-ring (bicyclic) bond motifs is 3. The highest BCUT2D eigenvalue weighted by Gasteiger charge is 2.20. The van der Waals surface area contributed by atoms with Gasteiger partial charge in [-0.3, -0.25) is 4.79 Å². The maximum absolute atomic E-state index is 11.7. The molecular weight excluding hydrogens is 368 g/mol. The van der Waals surface area contributed by atoms with Gasteiger partial charge in [-0.2, -0.15) is 0 Å². The molecule has 29 heavy (non-hydrogen) atoms. The Labute approximate surface area is 168 Å².